The Balaban J connectivity index is 2.44. The Bertz CT molecular complexity index is 584. The molecule has 3 nitrogen and oxygen atoms in total. The number of rotatable bonds is 2. The Morgan fingerprint density at radius 3 is 2.33 bits per heavy atom. The SMILES string of the molecule is NC(c1cc2c(cc1F)NC(=O)CC2)C(F)(F)C(F)(F)F. The second-order valence-electron chi connectivity index (χ2n) is 4.68. The van der Waals surface area contributed by atoms with E-state index in [0.29, 0.717) is 6.07 Å². The number of carbonyl (C=O) groups excluding carboxylic acids is 1. The molecule has 1 aromatic carbocycles. The van der Waals surface area contributed by atoms with E-state index in [1.54, 1.807) is 0 Å². The highest BCUT2D eigenvalue weighted by Crippen LogP contribution is 2.44. The number of benzene rings is 1. The van der Waals surface area contributed by atoms with E-state index in [-0.39, 0.29) is 30.0 Å². The van der Waals surface area contributed by atoms with Crippen molar-refractivity contribution in [1.29, 1.82) is 0 Å². The zero-order valence-corrected chi connectivity index (χ0v) is 10.4. The van der Waals surface area contributed by atoms with Crippen molar-refractivity contribution in [2.45, 2.75) is 31.0 Å². The zero-order valence-electron chi connectivity index (χ0n) is 10.4. The topological polar surface area (TPSA) is 55.1 Å². The molecule has 1 amide bonds. The maximum Gasteiger partial charge on any atom is 0.455 e. The van der Waals surface area contributed by atoms with Gasteiger partial charge in [-0.2, -0.15) is 22.0 Å². The normalized spacial score (nSPS) is 17.2. The fourth-order valence-electron chi connectivity index (χ4n) is 2.03. The number of nitrogens with two attached hydrogens (primary N) is 1. The molecule has 0 saturated carbocycles. The summed E-state index contributed by atoms with van der Waals surface area (Å²) < 4.78 is 77.0. The Hall–Kier alpha value is -1.77. The van der Waals surface area contributed by atoms with Gasteiger partial charge in [0.25, 0.3) is 0 Å². The molecule has 3 N–H and O–H groups in total. The number of halogens is 6. The minimum atomic E-state index is -5.89. The number of alkyl halides is 5. The van der Waals surface area contributed by atoms with E-state index < -0.39 is 29.5 Å². The number of amides is 1. The van der Waals surface area contributed by atoms with Crippen molar-refractivity contribution in [2.24, 2.45) is 5.73 Å². The van der Waals surface area contributed by atoms with Gasteiger partial charge in [-0.3, -0.25) is 4.79 Å². The first-order valence-electron chi connectivity index (χ1n) is 5.86. The van der Waals surface area contributed by atoms with Gasteiger partial charge in [0.2, 0.25) is 5.91 Å². The van der Waals surface area contributed by atoms with Crippen LogP contribution in [0.2, 0.25) is 0 Å². The van der Waals surface area contributed by atoms with Crippen LogP contribution in [0.3, 0.4) is 0 Å². The molecule has 0 fully saturated rings. The molecule has 21 heavy (non-hydrogen) atoms. The van der Waals surface area contributed by atoms with E-state index in [1.165, 1.54) is 0 Å². The summed E-state index contributed by atoms with van der Waals surface area (Å²) in [6.45, 7) is 0. The van der Waals surface area contributed by atoms with Crippen LogP contribution in [-0.2, 0) is 11.2 Å². The van der Waals surface area contributed by atoms with E-state index in [2.05, 4.69) is 5.32 Å². The smallest absolute Gasteiger partial charge is 0.326 e. The highest BCUT2D eigenvalue weighted by atomic mass is 19.4. The highest BCUT2D eigenvalue weighted by Gasteiger charge is 2.62. The number of aryl methyl sites for hydroxylation is 1. The number of hydrogen-bond donors (Lipinski definition) is 2. The predicted octanol–water partition coefficient (Wildman–Crippen LogP) is 2.91. The first kappa shape index (κ1) is 15.6. The van der Waals surface area contributed by atoms with Crippen molar-refractivity contribution in [3.63, 3.8) is 0 Å². The van der Waals surface area contributed by atoms with Crippen molar-refractivity contribution in [2.75, 3.05) is 5.32 Å². The van der Waals surface area contributed by atoms with Gasteiger partial charge in [-0.1, -0.05) is 0 Å². The summed E-state index contributed by atoms with van der Waals surface area (Å²) in [6, 6.07) is -1.32. The lowest BCUT2D eigenvalue weighted by molar-refractivity contribution is -0.291. The number of nitrogens with one attached hydrogen (secondary N) is 1. The van der Waals surface area contributed by atoms with Crippen LogP contribution in [-0.4, -0.2) is 18.0 Å². The summed E-state index contributed by atoms with van der Waals surface area (Å²) in [5.74, 6) is -6.98. The van der Waals surface area contributed by atoms with Crippen LogP contribution in [0.1, 0.15) is 23.6 Å². The molecule has 0 aromatic heterocycles. The second kappa shape index (κ2) is 4.90. The molecular formula is C12H10F6N2O. The summed E-state index contributed by atoms with van der Waals surface area (Å²) in [7, 11) is 0. The van der Waals surface area contributed by atoms with Crippen LogP contribution in [0.25, 0.3) is 0 Å². The van der Waals surface area contributed by atoms with Crippen molar-refractivity contribution in [1.82, 2.24) is 0 Å². The molecule has 1 heterocycles. The van der Waals surface area contributed by atoms with Crippen molar-refractivity contribution in [3.05, 3.63) is 29.1 Å². The molecule has 0 bridgehead atoms. The molecular weight excluding hydrogens is 302 g/mol. The first-order valence-corrected chi connectivity index (χ1v) is 5.86. The van der Waals surface area contributed by atoms with Crippen LogP contribution in [0, 0.1) is 5.82 Å². The fourth-order valence-corrected chi connectivity index (χ4v) is 2.03. The first-order chi connectivity index (χ1) is 9.54. The van der Waals surface area contributed by atoms with Crippen molar-refractivity contribution in [3.8, 4) is 0 Å². The lowest BCUT2D eigenvalue weighted by atomic mass is 9.94. The summed E-state index contributed by atoms with van der Waals surface area (Å²) in [5.41, 5.74) is 4.30. The van der Waals surface area contributed by atoms with Gasteiger partial charge in [0.15, 0.2) is 0 Å². The van der Waals surface area contributed by atoms with Gasteiger partial charge in [0, 0.05) is 17.7 Å². The van der Waals surface area contributed by atoms with Gasteiger partial charge in [0.1, 0.15) is 11.9 Å². The monoisotopic (exact) mass is 312 g/mol. The summed E-state index contributed by atoms with van der Waals surface area (Å²) in [5, 5.41) is 2.31. The third-order valence-electron chi connectivity index (χ3n) is 3.22. The molecule has 0 radical (unpaired) electrons. The molecule has 0 saturated heterocycles. The minimum Gasteiger partial charge on any atom is -0.326 e. The van der Waals surface area contributed by atoms with E-state index >= 15 is 0 Å². The van der Waals surface area contributed by atoms with Gasteiger partial charge in [-0.25, -0.2) is 4.39 Å². The van der Waals surface area contributed by atoms with Crippen molar-refractivity contribution < 1.29 is 31.1 Å². The molecule has 1 aliphatic rings. The van der Waals surface area contributed by atoms with Crippen LogP contribution >= 0.6 is 0 Å². The predicted molar refractivity (Wildman–Crippen MR) is 61.3 cm³/mol. The molecule has 0 spiro atoms. The number of carbonyl (C=O) groups is 1. The lowest BCUT2D eigenvalue weighted by Crippen LogP contribution is -2.46. The maximum atomic E-state index is 13.7. The maximum absolute atomic E-state index is 13.7. The second-order valence-corrected chi connectivity index (χ2v) is 4.68. The van der Waals surface area contributed by atoms with Crippen LogP contribution in [0.4, 0.5) is 32.0 Å². The highest BCUT2D eigenvalue weighted by molar-refractivity contribution is 5.93. The zero-order chi connectivity index (χ0) is 16.0. The summed E-state index contributed by atoms with van der Waals surface area (Å²) in [6.07, 6.45) is -5.75. The number of hydrogen-bond acceptors (Lipinski definition) is 2. The van der Waals surface area contributed by atoms with E-state index in [9.17, 15) is 31.1 Å². The third kappa shape index (κ3) is 2.69. The summed E-state index contributed by atoms with van der Waals surface area (Å²) in [4.78, 5) is 11.1. The van der Waals surface area contributed by atoms with E-state index in [1.807, 2.05) is 0 Å². The molecule has 1 atom stereocenters. The quantitative estimate of drug-likeness (QED) is 0.825. The van der Waals surface area contributed by atoms with Crippen LogP contribution in [0.15, 0.2) is 12.1 Å². The molecule has 1 aliphatic heterocycles. The van der Waals surface area contributed by atoms with Gasteiger partial charge in [-0.05, 0) is 24.1 Å². The third-order valence-corrected chi connectivity index (χ3v) is 3.22. The van der Waals surface area contributed by atoms with Crippen LogP contribution in [0.5, 0.6) is 0 Å². The molecule has 1 unspecified atom stereocenters. The minimum absolute atomic E-state index is 0.0307. The standard InChI is InChI=1S/C12H10F6N2O/c13-7-4-8-5(1-2-9(21)20-8)3-6(7)10(19)11(14,15)12(16,17)18/h3-4,10H,1-2,19H2,(H,20,21). The van der Waals surface area contributed by atoms with Gasteiger partial charge in [0.05, 0.1) is 0 Å². The molecule has 0 aliphatic carbocycles. The number of anilines is 1. The van der Waals surface area contributed by atoms with Gasteiger partial charge in [-0.15, -0.1) is 0 Å². The Morgan fingerprint density at radius 1 is 1.14 bits per heavy atom. The van der Waals surface area contributed by atoms with Gasteiger partial charge < -0.3 is 11.1 Å². The Morgan fingerprint density at radius 2 is 1.76 bits per heavy atom. The molecule has 116 valence electrons. The lowest BCUT2D eigenvalue weighted by Gasteiger charge is -2.27. The molecule has 9 heteroatoms. The van der Waals surface area contributed by atoms with E-state index in [0.717, 1.165) is 6.07 Å². The van der Waals surface area contributed by atoms with Crippen molar-refractivity contribution >= 4 is 11.6 Å². The van der Waals surface area contributed by atoms with E-state index in [4.69, 9.17) is 5.73 Å². The molecule has 1 aromatic rings. The molecule has 2 rings (SSSR count). The largest absolute Gasteiger partial charge is 0.455 e. The fraction of sp³-hybridized carbons (Fsp3) is 0.417. The summed E-state index contributed by atoms with van der Waals surface area (Å²) >= 11 is 0. The Labute approximate surface area is 115 Å². The Kier molecular flexibility index (Phi) is 3.64. The van der Waals surface area contributed by atoms with Gasteiger partial charge >= 0.3 is 12.1 Å². The average molecular weight is 312 g/mol. The average Bonchev–Trinajstić information content (AvgIpc) is 2.35. The van der Waals surface area contributed by atoms with Crippen LogP contribution < -0.4 is 11.1 Å². The number of fused-ring (bicyclic) bond motifs is 1.